The van der Waals surface area contributed by atoms with Gasteiger partial charge in [-0.05, 0) is 36.8 Å². The van der Waals surface area contributed by atoms with Crippen molar-refractivity contribution in [1.82, 2.24) is 4.90 Å². The maximum Gasteiger partial charge on any atom is 0.258 e. The predicted octanol–water partition coefficient (Wildman–Crippen LogP) is 4.28. The van der Waals surface area contributed by atoms with Crippen molar-refractivity contribution < 1.29 is 13.6 Å². The zero-order valence-corrected chi connectivity index (χ0v) is 12.2. The van der Waals surface area contributed by atoms with Crippen LogP contribution in [0.25, 0.3) is 0 Å². The van der Waals surface area contributed by atoms with E-state index in [0.29, 0.717) is 12.1 Å². The second kappa shape index (κ2) is 6.68. The molecule has 0 aromatic heterocycles. The molecule has 2 rings (SSSR count). The number of amides is 1. The van der Waals surface area contributed by atoms with Gasteiger partial charge in [0.2, 0.25) is 0 Å². The molecule has 0 N–H and O–H groups in total. The molecule has 0 fully saturated rings. The number of benzene rings is 2. The highest BCUT2D eigenvalue weighted by Crippen LogP contribution is 2.21. The average molecular weight is 310 g/mol. The highest BCUT2D eigenvalue weighted by Gasteiger charge is 2.21. The van der Waals surface area contributed by atoms with E-state index in [1.807, 2.05) is 0 Å². The third-order valence-electron chi connectivity index (χ3n) is 3.11. The van der Waals surface area contributed by atoms with Crippen molar-refractivity contribution in [1.29, 1.82) is 0 Å². The summed E-state index contributed by atoms with van der Waals surface area (Å²) in [4.78, 5) is 13.8. The largest absolute Gasteiger partial charge is 0.334 e. The van der Waals surface area contributed by atoms with Gasteiger partial charge in [-0.25, -0.2) is 8.78 Å². The molecule has 0 saturated heterocycles. The van der Waals surface area contributed by atoms with Gasteiger partial charge in [0.05, 0.1) is 10.6 Å². The Morgan fingerprint density at radius 1 is 1.19 bits per heavy atom. The molecule has 2 aromatic rings. The lowest BCUT2D eigenvalue weighted by Gasteiger charge is -2.22. The second-order valence-electron chi connectivity index (χ2n) is 4.55. The van der Waals surface area contributed by atoms with Crippen LogP contribution in [0.5, 0.6) is 0 Å². The zero-order chi connectivity index (χ0) is 15.4. The average Bonchev–Trinajstić information content (AvgIpc) is 2.44. The van der Waals surface area contributed by atoms with Crippen LogP contribution in [0.1, 0.15) is 22.8 Å². The Morgan fingerprint density at radius 3 is 2.52 bits per heavy atom. The molecule has 0 atom stereocenters. The minimum atomic E-state index is -0.662. The molecular formula is C16H14ClF2NO. The fourth-order valence-electron chi connectivity index (χ4n) is 2.04. The standard InChI is InChI=1S/C16H14ClF2NO/c1-2-20(10-11-5-3-6-12(18)9-11)16(21)15-13(17)7-4-8-14(15)19/h3-9H,2,10H2,1H3. The summed E-state index contributed by atoms with van der Waals surface area (Å²) in [5, 5.41) is 0.0673. The summed E-state index contributed by atoms with van der Waals surface area (Å²) >= 11 is 5.91. The van der Waals surface area contributed by atoms with Crippen molar-refractivity contribution in [3.8, 4) is 0 Å². The maximum atomic E-state index is 13.8. The monoisotopic (exact) mass is 309 g/mol. The zero-order valence-electron chi connectivity index (χ0n) is 11.4. The number of hydrogen-bond donors (Lipinski definition) is 0. The normalized spacial score (nSPS) is 10.5. The van der Waals surface area contributed by atoms with Crippen LogP contribution in [0.2, 0.25) is 5.02 Å². The molecule has 5 heteroatoms. The summed E-state index contributed by atoms with van der Waals surface area (Å²) in [6.45, 7) is 2.32. The van der Waals surface area contributed by atoms with E-state index in [2.05, 4.69) is 0 Å². The van der Waals surface area contributed by atoms with Crippen molar-refractivity contribution in [2.75, 3.05) is 6.54 Å². The van der Waals surface area contributed by atoms with E-state index in [9.17, 15) is 13.6 Å². The maximum absolute atomic E-state index is 13.8. The molecule has 0 aliphatic rings. The predicted molar refractivity (Wildman–Crippen MR) is 78.2 cm³/mol. The van der Waals surface area contributed by atoms with Gasteiger partial charge >= 0.3 is 0 Å². The van der Waals surface area contributed by atoms with Gasteiger partial charge < -0.3 is 4.90 Å². The summed E-state index contributed by atoms with van der Waals surface area (Å²) in [5.74, 6) is -1.55. The van der Waals surface area contributed by atoms with Crippen LogP contribution >= 0.6 is 11.6 Å². The van der Waals surface area contributed by atoms with Crippen LogP contribution in [-0.2, 0) is 6.54 Å². The minimum Gasteiger partial charge on any atom is -0.334 e. The number of rotatable bonds is 4. The Bertz CT molecular complexity index is 640. The quantitative estimate of drug-likeness (QED) is 0.825. The Hall–Kier alpha value is -1.94. The van der Waals surface area contributed by atoms with E-state index in [4.69, 9.17) is 11.6 Å². The molecule has 1 amide bonds. The molecule has 0 saturated carbocycles. The van der Waals surface area contributed by atoms with Crippen molar-refractivity contribution in [3.05, 3.63) is 70.2 Å². The molecule has 110 valence electrons. The van der Waals surface area contributed by atoms with Gasteiger partial charge in [0.1, 0.15) is 11.6 Å². The molecule has 0 heterocycles. The second-order valence-corrected chi connectivity index (χ2v) is 4.95. The molecule has 0 spiro atoms. The number of halogens is 3. The molecule has 0 bridgehead atoms. The van der Waals surface area contributed by atoms with E-state index in [1.54, 1.807) is 19.1 Å². The number of carbonyl (C=O) groups excluding carboxylic acids is 1. The first kappa shape index (κ1) is 15.4. The van der Waals surface area contributed by atoms with E-state index in [1.165, 1.54) is 35.2 Å². The summed E-state index contributed by atoms with van der Waals surface area (Å²) < 4.78 is 27.0. The summed E-state index contributed by atoms with van der Waals surface area (Å²) in [6.07, 6.45) is 0. The van der Waals surface area contributed by atoms with Crippen LogP contribution in [-0.4, -0.2) is 17.4 Å². The topological polar surface area (TPSA) is 20.3 Å². The Balaban J connectivity index is 2.27. The van der Waals surface area contributed by atoms with Crippen LogP contribution < -0.4 is 0 Å². The van der Waals surface area contributed by atoms with E-state index < -0.39 is 11.7 Å². The van der Waals surface area contributed by atoms with Gasteiger partial charge in [0.25, 0.3) is 5.91 Å². The summed E-state index contributed by atoms with van der Waals surface area (Å²) in [5.41, 5.74) is 0.482. The number of nitrogens with zero attached hydrogens (tertiary/aromatic N) is 1. The van der Waals surface area contributed by atoms with Gasteiger partial charge in [0, 0.05) is 13.1 Å². The number of hydrogen-bond acceptors (Lipinski definition) is 1. The van der Waals surface area contributed by atoms with Crippen molar-refractivity contribution >= 4 is 17.5 Å². The molecule has 2 aromatic carbocycles. The SMILES string of the molecule is CCN(Cc1cccc(F)c1)C(=O)c1c(F)cccc1Cl. The van der Waals surface area contributed by atoms with Crippen LogP contribution in [0.4, 0.5) is 8.78 Å². The van der Waals surface area contributed by atoms with Gasteiger partial charge in [-0.2, -0.15) is 0 Å². The Kier molecular flexibility index (Phi) is 4.91. The Morgan fingerprint density at radius 2 is 1.90 bits per heavy atom. The molecule has 2 nitrogen and oxygen atoms in total. The highest BCUT2D eigenvalue weighted by molar-refractivity contribution is 6.33. The highest BCUT2D eigenvalue weighted by atomic mass is 35.5. The molecule has 0 unspecified atom stereocenters. The first-order chi connectivity index (χ1) is 10.0. The summed E-state index contributed by atoms with van der Waals surface area (Å²) in [6, 6.07) is 10.1. The lowest BCUT2D eigenvalue weighted by atomic mass is 10.1. The van der Waals surface area contributed by atoms with Crippen molar-refractivity contribution in [2.45, 2.75) is 13.5 Å². The molecule has 0 aliphatic heterocycles. The fraction of sp³-hybridized carbons (Fsp3) is 0.188. The molecule has 21 heavy (non-hydrogen) atoms. The van der Waals surface area contributed by atoms with Crippen molar-refractivity contribution in [2.24, 2.45) is 0 Å². The number of carbonyl (C=O) groups is 1. The van der Waals surface area contributed by atoms with Gasteiger partial charge in [-0.1, -0.05) is 29.8 Å². The van der Waals surface area contributed by atoms with Crippen LogP contribution in [0.15, 0.2) is 42.5 Å². The third kappa shape index (κ3) is 3.58. The minimum absolute atomic E-state index is 0.0673. The third-order valence-corrected chi connectivity index (χ3v) is 3.42. The molecule has 0 radical (unpaired) electrons. The van der Waals surface area contributed by atoms with E-state index in [-0.39, 0.29) is 22.9 Å². The van der Waals surface area contributed by atoms with Crippen molar-refractivity contribution in [3.63, 3.8) is 0 Å². The van der Waals surface area contributed by atoms with E-state index in [0.717, 1.165) is 0 Å². The molecular weight excluding hydrogens is 296 g/mol. The van der Waals surface area contributed by atoms with Gasteiger partial charge in [0.15, 0.2) is 0 Å². The van der Waals surface area contributed by atoms with E-state index >= 15 is 0 Å². The van der Waals surface area contributed by atoms with Gasteiger partial charge in [-0.3, -0.25) is 4.79 Å². The lowest BCUT2D eigenvalue weighted by molar-refractivity contribution is 0.0748. The lowest BCUT2D eigenvalue weighted by Crippen LogP contribution is -2.31. The first-order valence-electron chi connectivity index (χ1n) is 6.50. The first-order valence-corrected chi connectivity index (χ1v) is 6.88. The Labute approximate surface area is 127 Å². The summed E-state index contributed by atoms with van der Waals surface area (Å²) in [7, 11) is 0. The fourth-order valence-corrected chi connectivity index (χ4v) is 2.29. The smallest absolute Gasteiger partial charge is 0.258 e. The van der Waals surface area contributed by atoms with Crippen LogP contribution in [0.3, 0.4) is 0 Å². The molecule has 0 aliphatic carbocycles. The van der Waals surface area contributed by atoms with Gasteiger partial charge in [-0.15, -0.1) is 0 Å². The van der Waals surface area contributed by atoms with Crippen LogP contribution in [0, 0.1) is 11.6 Å².